The predicted molar refractivity (Wildman–Crippen MR) is 174 cm³/mol. The minimum absolute atomic E-state index is 0.359. The highest BCUT2D eigenvalue weighted by Gasteiger charge is 2.39. The van der Waals surface area contributed by atoms with Crippen molar-refractivity contribution in [2.75, 3.05) is 0 Å². The summed E-state index contributed by atoms with van der Waals surface area (Å²) in [5, 5.41) is 0. The second kappa shape index (κ2) is 10.7. The zero-order chi connectivity index (χ0) is 28.0. The normalized spacial score (nSPS) is 17.6. The van der Waals surface area contributed by atoms with Crippen molar-refractivity contribution >= 4 is 12.2 Å². The third kappa shape index (κ3) is 4.68. The Morgan fingerprint density at radius 2 is 1.23 bits per heavy atom. The van der Waals surface area contributed by atoms with Crippen molar-refractivity contribution in [2.24, 2.45) is 5.92 Å². The third-order valence-corrected chi connectivity index (χ3v) is 9.08. The van der Waals surface area contributed by atoms with Gasteiger partial charge in [0.25, 0.3) is 0 Å². The number of allylic oxidation sites excluding steroid dienone is 2. The molecule has 0 heterocycles. The molecular weight excluding hydrogens is 480 g/mol. The van der Waals surface area contributed by atoms with Crippen LogP contribution in [-0.4, -0.2) is 0 Å². The summed E-state index contributed by atoms with van der Waals surface area (Å²) in [5.74, 6) is 1.21. The highest BCUT2D eigenvalue weighted by molar-refractivity contribution is 5.86. The SMILES string of the molecule is CCCCc1ccc(-c2cc(C)cc3c2C=C(C)C3C2C(C(C)C)=Cc3c(-c4ccccc4)cc(C)cc32)cc1. The summed E-state index contributed by atoms with van der Waals surface area (Å²) in [6.45, 7) is 13.9. The van der Waals surface area contributed by atoms with Gasteiger partial charge in [0.15, 0.2) is 0 Å². The summed E-state index contributed by atoms with van der Waals surface area (Å²) in [6.07, 6.45) is 8.68. The van der Waals surface area contributed by atoms with E-state index in [4.69, 9.17) is 0 Å². The standard InChI is InChI=1S/C40H42/c1-7-8-12-29-15-17-31(18-16-29)34-20-26(4)21-37-35(34)23-28(6)39(37)40-32(25(2)3)24-36-33(19-27(5)22-38(36)40)30-13-10-9-11-14-30/h9-11,13-25,39-40H,7-8,12H2,1-6H3. The molecule has 0 N–H and O–H groups in total. The number of fused-ring (bicyclic) bond motifs is 2. The van der Waals surface area contributed by atoms with Gasteiger partial charge in [-0.15, -0.1) is 0 Å². The van der Waals surface area contributed by atoms with Gasteiger partial charge < -0.3 is 0 Å². The van der Waals surface area contributed by atoms with Gasteiger partial charge in [0.05, 0.1) is 0 Å². The van der Waals surface area contributed by atoms with E-state index in [9.17, 15) is 0 Å². The molecule has 0 fully saturated rings. The van der Waals surface area contributed by atoms with Crippen LogP contribution in [0.4, 0.5) is 0 Å². The van der Waals surface area contributed by atoms with E-state index in [1.165, 1.54) is 86.0 Å². The molecular formula is C40H42. The smallest absolute Gasteiger partial charge is 0.0167 e. The van der Waals surface area contributed by atoms with Gasteiger partial charge in [0, 0.05) is 11.8 Å². The van der Waals surface area contributed by atoms with Gasteiger partial charge in [-0.05, 0) is 89.6 Å². The Morgan fingerprint density at radius 1 is 0.650 bits per heavy atom. The first-order valence-corrected chi connectivity index (χ1v) is 15.2. The number of benzene rings is 4. The third-order valence-electron chi connectivity index (χ3n) is 9.08. The van der Waals surface area contributed by atoms with Crippen LogP contribution in [0.3, 0.4) is 0 Å². The van der Waals surface area contributed by atoms with Gasteiger partial charge in [-0.1, -0.05) is 140 Å². The molecule has 0 saturated heterocycles. The Balaban J connectivity index is 1.48. The number of rotatable bonds is 7. The van der Waals surface area contributed by atoms with Crippen LogP contribution in [-0.2, 0) is 6.42 Å². The molecule has 2 aliphatic rings. The molecule has 0 aliphatic heterocycles. The van der Waals surface area contributed by atoms with Crippen LogP contribution in [0, 0.1) is 19.8 Å². The van der Waals surface area contributed by atoms with Crippen LogP contribution in [0.2, 0.25) is 0 Å². The van der Waals surface area contributed by atoms with Gasteiger partial charge >= 0.3 is 0 Å². The lowest BCUT2D eigenvalue weighted by molar-refractivity contribution is 0.611. The zero-order valence-corrected chi connectivity index (χ0v) is 25.0. The topological polar surface area (TPSA) is 0 Å². The Bertz CT molecular complexity index is 1610. The molecule has 0 heteroatoms. The van der Waals surface area contributed by atoms with Crippen molar-refractivity contribution in [3.05, 3.63) is 129 Å². The molecule has 0 spiro atoms. The minimum Gasteiger partial charge on any atom is -0.0654 e. The molecule has 0 amide bonds. The average molecular weight is 523 g/mol. The Labute approximate surface area is 241 Å². The quantitative estimate of drug-likeness (QED) is 0.226. The average Bonchev–Trinajstić information content (AvgIpc) is 3.48. The first-order valence-electron chi connectivity index (χ1n) is 15.2. The van der Waals surface area contributed by atoms with Crippen molar-refractivity contribution in [1.82, 2.24) is 0 Å². The van der Waals surface area contributed by atoms with E-state index >= 15 is 0 Å². The maximum Gasteiger partial charge on any atom is 0.0167 e. The molecule has 0 radical (unpaired) electrons. The minimum atomic E-state index is 0.359. The van der Waals surface area contributed by atoms with Crippen LogP contribution in [0.5, 0.6) is 0 Å². The van der Waals surface area contributed by atoms with Crippen molar-refractivity contribution < 1.29 is 0 Å². The second-order valence-electron chi connectivity index (χ2n) is 12.4. The molecule has 0 nitrogen and oxygen atoms in total. The van der Waals surface area contributed by atoms with Crippen LogP contribution < -0.4 is 0 Å². The van der Waals surface area contributed by atoms with Gasteiger partial charge in [-0.2, -0.15) is 0 Å². The van der Waals surface area contributed by atoms with Crippen molar-refractivity contribution in [3.63, 3.8) is 0 Å². The van der Waals surface area contributed by atoms with Crippen LogP contribution in [0.25, 0.3) is 34.4 Å². The van der Waals surface area contributed by atoms with Crippen molar-refractivity contribution in [3.8, 4) is 22.3 Å². The zero-order valence-electron chi connectivity index (χ0n) is 25.0. The highest BCUT2D eigenvalue weighted by atomic mass is 14.4. The van der Waals surface area contributed by atoms with Gasteiger partial charge in [0.2, 0.25) is 0 Å². The summed E-state index contributed by atoms with van der Waals surface area (Å²) in [6, 6.07) is 30.0. The van der Waals surface area contributed by atoms with E-state index in [1.54, 1.807) is 5.57 Å². The van der Waals surface area contributed by atoms with E-state index in [0.29, 0.717) is 17.8 Å². The fourth-order valence-corrected chi connectivity index (χ4v) is 7.15. The van der Waals surface area contributed by atoms with Crippen molar-refractivity contribution in [2.45, 2.75) is 72.6 Å². The number of hydrogen-bond donors (Lipinski definition) is 0. The summed E-state index contributed by atoms with van der Waals surface area (Å²) in [4.78, 5) is 0. The van der Waals surface area contributed by atoms with Gasteiger partial charge in [-0.3, -0.25) is 0 Å². The van der Waals surface area contributed by atoms with Crippen LogP contribution in [0.15, 0.2) is 90.0 Å². The molecule has 6 rings (SSSR count). The first-order chi connectivity index (χ1) is 19.4. The van der Waals surface area contributed by atoms with Gasteiger partial charge in [0.1, 0.15) is 0 Å². The Morgan fingerprint density at radius 3 is 1.82 bits per heavy atom. The first kappa shape index (κ1) is 26.6. The highest BCUT2D eigenvalue weighted by Crippen LogP contribution is 2.56. The number of aryl methyl sites for hydroxylation is 3. The second-order valence-corrected chi connectivity index (χ2v) is 12.4. The van der Waals surface area contributed by atoms with Crippen LogP contribution in [0.1, 0.15) is 91.3 Å². The molecule has 4 aromatic carbocycles. The molecule has 2 aliphatic carbocycles. The Kier molecular flexibility index (Phi) is 7.13. The lowest BCUT2D eigenvalue weighted by Crippen LogP contribution is -2.15. The monoisotopic (exact) mass is 522 g/mol. The molecule has 2 unspecified atom stereocenters. The summed E-state index contributed by atoms with van der Waals surface area (Å²) in [7, 11) is 0. The van der Waals surface area contributed by atoms with E-state index < -0.39 is 0 Å². The fraction of sp³-hybridized carbons (Fsp3) is 0.300. The molecule has 0 aromatic heterocycles. The van der Waals surface area contributed by atoms with Gasteiger partial charge in [-0.25, -0.2) is 0 Å². The molecule has 202 valence electrons. The van der Waals surface area contributed by atoms with Crippen LogP contribution >= 0.6 is 0 Å². The van der Waals surface area contributed by atoms with E-state index in [1.807, 2.05) is 0 Å². The fourth-order valence-electron chi connectivity index (χ4n) is 7.15. The molecule has 2 atom stereocenters. The molecule has 40 heavy (non-hydrogen) atoms. The Hall–Kier alpha value is -3.64. The van der Waals surface area contributed by atoms with Crippen molar-refractivity contribution in [1.29, 1.82) is 0 Å². The lowest BCUT2D eigenvalue weighted by Gasteiger charge is -2.29. The summed E-state index contributed by atoms with van der Waals surface area (Å²) < 4.78 is 0. The van der Waals surface area contributed by atoms with E-state index in [0.717, 1.165) is 0 Å². The summed E-state index contributed by atoms with van der Waals surface area (Å²) in [5.41, 5.74) is 18.4. The maximum atomic E-state index is 2.53. The molecule has 0 bridgehead atoms. The predicted octanol–water partition coefficient (Wildman–Crippen LogP) is 11.3. The molecule has 4 aromatic rings. The largest absolute Gasteiger partial charge is 0.0654 e. The van der Waals surface area contributed by atoms with E-state index in [2.05, 4.69) is 133 Å². The van der Waals surface area contributed by atoms with E-state index in [-0.39, 0.29) is 0 Å². The number of hydrogen-bond acceptors (Lipinski definition) is 0. The maximum absolute atomic E-state index is 2.53. The molecule has 0 saturated carbocycles. The number of unbranched alkanes of at least 4 members (excludes halogenated alkanes) is 1. The summed E-state index contributed by atoms with van der Waals surface area (Å²) >= 11 is 0. The lowest BCUT2D eigenvalue weighted by atomic mass is 9.74.